The molecule has 1 atom stereocenters. The van der Waals surface area contributed by atoms with E-state index in [1.807, 2.05) is 40.6 Å². The molecule has 30 heavy (non-hydrogen) atoms. The van der Waals surface area contributed by atoms with Gasteiger partial charge in [0.2, 0.25) is 11.8 Å². The van der Waals surface area contributed by atoms with E-state index in [1.54, 1.807) is 11.3 Å². The van der Waals surface area contributed by atoms with E-state index < -0.39 is 0 Å². The third kappa shape index (κ3) is 4.24. The van der Waals surface area contributed by atoms with Crippen molar-refractivity contribution in [1.82, 2.24) is 10.2 Å². The van der Waals surface area contributed by atoms with Crippen LogP contribution in [0.15, 0.2) is 41.8 Å². The minimum atomic E-state index is -0.279. The summed E-state index contributed by atoms with van der Waals surface area (Å²) in [5.41, 5.74) is 0.865. The van der Waals surface area contributed by atoms with Crippen LogP contribution < -0.4 is 10.1 Å². The SMILES string of the molecule is O=C(C[C@H]1CC2(CCN(C(=O)Cc3cccs3)CC2)Oc2ccccc21)NC1CC1. The summed E-state index contributed by atoms with van der Waals surface area (Å²) in [5, 5.41) is 5.15. The number of carbonyl (C=O) groups is 2. The van der Waals surface area contributed by atoms with E-state index in [2.05, 4.69) is 11.4 Å². The Hall–Kier alpha value is -2.34. The van der Waals surface area contributed by atoms with Gasteiger partial charge in [-0.3, -0.25) is 9.59 Å². The topological polar surface area (TPSA) is 58.6 Å². The fraction of sp³-hybridized carbons (Fsp3) is 0.500. The summed E-state index contributed by atoms with van der Waals surface area (Å²) >= 11 is 1.63. The van der Waals surface area contributed by atoms with E-state index in [-0.39, 0.29) is 23.3 Å². The van der Waals surface area contributed by atoms with Gasteiger partial charge in [0.25, 0.3) is 0 Å². The Kier molecular flexibility index (Phi) is 5.27. The molecule has 2 fully saturated rings. The van der Waals surface area contributed by atoms with Crippen molar-refractivity contribution in [3.05, 3.63) is 52.2 Å². The number of piperidine rings is 1. The number of nitrogens with one attached hydrogen (secondary N) is 1. The van der Waals surface area contributed by atoms with Gasteiger partial charge in [-0.15, -0.1) is 11.3 Å². The first-order valence-electron chi connectivity index (χ1n) is 11.0. The minimum absolute atomic E-state index is 0.151. The molecule has 5 rings (SSSR count). The Balaban J connectivity index is 1.26. The zero-order valence-corrected chi connectivity index (χ0v) is 18.0. The van der Waals surface area contributed by atoms with E-state index in [4.69, 9.17) is 4.74 Å². The van der Waals surface area contributed by atoms with Crippen LogP contribution in [0.5, 0.6) is 5.75 Å². The van der Waals surface area contributed by atoms with Gasteiger partial charge in [-0.25, -0.2) is 0 Å². The van der Waals surface area contributed by atoms with Gasteiger partial charge in [0.1, 0.15) is 11.4 Å². The van der Waals surface area contributed by atoms with Gasteiger partial charge in [0.15, 0.2) is 0 Å². The van der Waals surface area contributed by atoms with Crippen molar-refractivity contribution in [1.29, 1.82) is 0 Å². The number of para-hydroxylation sites is 1. The first kappa shape index (κ1) is 19.6. The maximum Gasteiger partial charge on any atom is 0.227 e. The lowest BCUT2D eigenvalue weighted by Crippen LogP contribution is -2.52. The van der Waals surface area contributed by atoms with Crippen molar-refractivity contribution in [2.24, 2.45) is 0 Å². The molecular weight excluding hydrogens is 396 g/mol. The van der Waals surface area contributed by atoms with Crippen molar-refractivity contribution < 1.29 is 14.3 Å². The summed E-state index contributed by atoms with van der Waals surface area (Å²) in [6, 6.07) is 12.5. The molecule has 1 spiro atoms. The zero-order valence-electron chi connectivity index (χ0n) is 17.1. The van der Waals surface area contributed by atoms with Gasteiger partial charge < -0.3 is 15.0 Å². The van der Waals surface area contributed by atoms with Gasteiger partial charge in [-0.1, -0.05) is 24.3 Å². The average molecular weight is 425 g/mol. The molecule has 0 unspecified atom stereocenters. The fourth-order valence-electron chi connectivity index (χ4n) is 4.81. The van der Waals surface area contributed by atoms with E-state index in [1.165, 1.54) is 0 Å². The molecule has 1 saturated heterocycles. The molecular formula is C24H28N2O3S. The fourth-order valence-corrected chi connectivity index (χ4v) is 5.50. The quantitative estimate of drug-likeness (QED) is 0.792. The summed E-state index contributed by atoms with van der Waals surface area (Å²) in [4.78, 5) is 28.3. The second-order valence-corrected chi connectivity index (χ2v) is 9.94. The van der Waals surface area contributed by atoms with Crippen LogP contribution in [0.4, 0.5) is 0 Å². The largest absolute Gasteiger partial charge is 0.487 e. The number of rotatable bonds is 5. The second-order valence-electron chi connectivity index (χ2n) is 8.91. The molecule has 0 bridgehead atoms. The number of ether oxygens (including phenoxy) is 1. The van der Waals surface area contributed by atoms with Crippen LogP contribution in [0.1, 0.15) is 54.9 Å². The van der Waals surface area contributed by atoms with Crippen LogP contribution in [0.25, 0.3) is 0 Å². The van der Waals surface area contributed by atoms with Gasteiger partial charge in [0.05, 0.1) is 6.42 Å². The molecule has 2 aromatic rings. The summed E-state index contributed by atoms with van der Waals surface area (Å²) < 4.78 is 6.53. The van der Waals surface area contributed by atoms with Crippen LogP contribution in [0.2, 0.25) is 0 Å². The highest BCUT2D eigenvalue weighted by Crippen LogP contribution is 2.46. The Morgan fingerprint density at radius 3 is 2.67 bits per heavy atom. The van der Waals surface area contributed by atoms with Gasteiger partial charge in [-0.2, -0.15) is 0 Å². The van der Waals surface area contributed by atoms with E-state index in [0.29, 0.717) is 32.0 Å². The number of benzene rings is 1. The standard InChI is InChI=1S/C24H28N2O3S/c27-22(25-18-7-8-18)14-17-16-24(29-21-6-2-1-5-20(17)21)9-11-26(12-10-24)23(28)15-19-4-3-13-30-19/h1-6,13,17-18H,7-12,14-16H2,(H,25,27)/t17-/m0/s1. The lowest BCUT2D eigenvalue weighted by atomic mass is 9.76. The minimum Gasteiger partial charge on any atom is -0.487 e. The highest BCUT2D eigenvalue weighted by atomic mass is 32.1. The third-order valence-corrected chi connectivity index (χ3v) is 7.49. The second kappa shape index (κ2) is 8.06. The maximum atomic E-state index is 12.7. The molecule has 1 saturated carbocycles. The van der Waals surface area contributed by atoms with Crippen LogP contribution in [-0.4, -0.2) is 41.4 Å². The van der Waals surface area contributed by atoms with Crippen molar-refractivity contribution in [3.63, 3.8) is 0 Å². The smallest absolute Gasteiger partial charge is 0.227 e. The molecule has 0 radical (unpaired) electrons. The zero-order chi connectivity index (χ0) is 20.6. The van der Waals surface area contributed by atoms with Gasteiger partial charge >= 0.3 is 0 Å². The highest BCUT2D eigenvalue weighted by molar-refractivity contribution is 7.10. The Morgan fingerprint density at radius 2 is 1.93 bits per heavy atom. The number of hydrogen-bond donors (Lipinski definition) is 1. The number of likely N-dealkylation sites (tertiary alicyclic amines) is 1. The number of hydrogen-bond acceptors (Lipinski definition) is 4. The van der Waals surface area contributed by atoms with E-state index in [0.717, 1.165) is 48.3 Å². The summed E-state index contributed by atoms with van der Waals surface area (Å²) in [6.45, 7) is 1.43. The van der Waals surface area contributed by atoms with Crippen molar-refractivity contribution >= 4 is 23.2 Å². The molecule has 1 aromatic carbocycles. The molecule has 3 heterocycles. The molecule has 5 nitrogen and oxygen atoms in total. The van der Waals surface area contributed by atoms with Crippen LogP contribution in [0, 0.1) is 0 Å². The predicted molar refractivity (Wildman–Crippen MR) is 117 cm³/mol. The number of nitrogens with zero attached hydrogens (tertiary/aromatic N) is 1. The van der Waals surface area contributed by atoms with Crippen LogP contribution in [0.3, 0.4) is 0 Å². The van der Waals surface area contributed by atoms with Crippen molar-refractivity contribution in [2.75, 3.05) is 13.1 Å². The molecule has 2 aliphatic heterocycles. The van der Waals surface area contributed by atoms with Crippen LogP contribution >= 0.6 is 11.3 Å². The Morgan fingerprint density at radius 1 is 1.13 bits per heavy atom. The Bertz CT molecular complexity index is 914. The number of carbonyl (C=O) groups excluding carboxylic acids is 2. The molecule has 3 aliphatic rings. The Labute approximate surface area is 181 Å². The molecule has 158 valence electrons. The maximum absolute atomic E-state index is 12.7. The monoisotopic (exact) mass is 424 g/mol. The summed E-state index contributed by atoms with van der Waals surface area (Å²) in [7, 11) is 0. The number of fused-ring (bicyclic) bond motifs is 1. The molecule has 2 amide bonds. The first-order chi connectivity index (χ1) is 14.6. The van der Waals surface area contributed by atoms with Crippen LogP contribution in [-0.2, 0) is 16.0 Å². The summed E-state index contributed by atoms with van der Waals surface area (Å²) in [6.07, 6.45) is 5.69. The molecule has 6 heteroatoms. The molecule has 1 aliphatic carbocycles. The number of thiophene rings is 1. The van der Waals surface area contributed by atoms with Gasteiger partial charge in [0, 0.05) is 49.2 Å². The van der Waals surface area contributed by atoms with E-state index in [9.17, 15) is 9.59 Å². The lowest BCUT2D eigenvalue weighted by Gasteiger charge is -2.47. The van der Waals surface area contributed by atoms with Gasteiger partial charge in [-0.05, 0) is 42.3 Å². The normalized spacial score (nSPS) is 22.3. The van der Waals surface area contributed by atoms with Crippen molar-refractivity contribution in [3.8, 4) is 5.75 Å². The summed E-state index contributed by atoms with van der Waals surface area (Å²) in [5.74, 6) is 1.43. The average Bonchev–Trinajstić information content (AvgIpc) is 3.40. The molecule has 1 aromatic heterocycles. The van der Waals surface area contributed by atoms with E-state index >= 15 is 0 Å². The number of amides is 2. The third-order valence-electron chi connectivity index (χ3n) is 6.61. The highest BCUT2D eigenvalue weighted by Gasteiger charge is 2.44. The first-order valence-corrected chi connectivity index (χ1v) is 11.9. The lowest BCUT2D eigenvalue weighted by molar-refractivity contribution is -0.134. The molecule has 1 N–H and O–H groups in total. The van der Waals surface area contributed by atoms with Crippen molar-refractivity contribution in [2.45, 2.75) is 62.5 Å². The predicted octanol–water partition coefficient (Wildman–Crippen LogP) is 3.89.